The fourth-order valence-corrected chi connectivity index (χ4v) is 1.83. The summed E-state index contributed by atoms with van der Waals surface area (Å²) in [6.07, 6.45) is 0. The van der Waals surface area contributed by atoms with Crippen LogP contribution in [0.1, 0.15) is 11.1 Å². The molecule has 2 rings (SSSR count). The van der Waals surface area contributed by atoms with Gasteiger partial charge in [0.1, 0.15) is 5.75 Å². The Morgan fingerprint density at radius 2 is 1.89 bits per heavy atom. The summed E-state index contributed by atoms with van der Waals surface area (Å²) < 4.78 is 19.2. The smallest absolute Gasteiger partial charge is 0.166 e. The van der Waals surface area contributed by atoms with Crippen LogP contribution in [0, 0.1) is 12.7 Å². The molecule has 0 unspecified atom stereocenters. The lowest BCUT2D eigenvalue weighted by molar-refractivity contribution is 0.439. The zero-order valence-corrected chi connectivity index (χ0v) is 10.7. The van der Waals surface area contributed by atoms with Gasteiger partial charge in [0, 0.05) is 11.6 Å². The third-order valence-corrected chi connectivity index (χ3v) is 2.82. The molecule has 18 heavy (non-hydrogen) atoms. The Morgan fingerprint density at radius 1 is 1.17 bits per heavy atom. The number of aryl methyl sites for hydroxylation is 1. The quantitative estimate of drug-likeness (QED) is 0.909. The van der Waals surface area contributed by atoms with Crippen LogP contribution in [0.2, 0.25) is 5.02 Å². The second kappa shape index (κ2) is 5.38. The van der Waals surface area contributed by atoms with Crippen molar-refractivity contribution in [2.75, 3.05) is 0 Å². The van der Waals surface area contributed by atoms with Crippen molar-refractivity contribution in [3.05, 3.63) is 58.4 Å². The van der Waals surface area contributed by atoms with Gasteiger partial charge in [-0.3, -0.25) is 0 Å². The number of rotatable bonds is 3. The lowest BCUT2D eigenvalue weighted by atomic mass is 10.2. The van der Waals surface area contributed by atoms with E-state index in [0.29, 0.717) is 17.3 Å². The number of benzene rings is 2. The summed E-state index contributed by atoms with van der Waals surface area (Å²) in [6.45, 7) is 2.16. The van der Waals surface area contributed by atoms with Crippen molar-refractivity contribution in [1.82, 2.24) is 0 Å². The van der Waals surface area contributed by atoms with Gasteiger partial charge in [-0.25, -0.2) is 4.39 Å². The molecule has 0 saturated heterocycles. The Labute approximate surface area is 110 Å². The van der Waals surface area contributed by atoms with E-state index in [4.69, 9.17) is 22.1 Å². The molecule has 0 radical (unpaired) electrons. The first-order valence-corrected chi connectivity index (χ1v) is 5.90. The average molecular weight is 266 g/mol. The van der Waals surface area contributed by atoms with Crippen LogP contribution in [0.25, 0.3) is 0 Å². The SMILES string of the molecule is Cc1cc(Cl)ccc1Oc1ccc(CN)cc1F. The second-order valence-electron chi connectivity index (χ2n) is 3.98. The molecule has 0 aliphatic heterocycles. The van der Waals surface area contributed by atoms with E-state index in [1.54, 1.807) is 30.3 Å². The second-order valence-corrected chi connectivity index (χ2v) is 4.42. The van der Waals surface area contributed by atoms with E-state index in [9.17, 15) is 4.39 Å². The molecule has 2 N–H and O–H groups in total. The van der Waals surface area contributed by atoms with Crippen molar-refractivity contribution in [1.29, 1.82) is 0 Å². The van der Waals surface area contributed by atoms with Gasteiger partial charge in [-0.2, -0.15) is 0 Å². The Kier molecular flexibility index (Phi) is 3.84. The van der Waals surface area contributed by atoms with E-state index < -0.39 is 5.82 Å². The summed E-state index contributed by atoms with van der Waals surface area (Å²) in [5.41, 5.74) is 7.02. The van der Waals surface area contributed by atoms with Gasteiger partial charge in [0.2, 0.25) is 0 Å². The Hall–Kier alpha value is -1.58. The number of nitrogens with two attached hydrogens (primary N) is 1. The van der Waals surface area contributed by atoms with Crippen LogP contribution in [0.3, 0.4) is 0 Å². The standard InChI is InChI=1S/C14H13ClFNO/c1-9-6-11(15)3-5-13(9)18-14-4-2-10(8-17)7-12(14)16/h2-7H,8,17H2,1H3. The van der Waals surface area contributed by atoms with Gasteiger partial charge in [-0.05, 0) is 48.4 Å². The molecule has 0 heterocycles. The van der Waals surface area contributed by atoms with Crippen LogP contribution in [-0.4, -0.2) is 0 Å². The molecule has 0 spiro atoms. The van der Waals surface area contributed by atoms with Gasteiger partial charge >= 0.3 is 0 Å². The molecule has 4 heteroatoms. The van der Waals surface area contributed by atoms with Gasteiger partial charge in [0.25, 0.3) is 0 Å². The normalized spacial score (nSPS) is 10.4. The van der Waals surface area contributed by atoms with Crippen LogP contribution in [0.4, 0.5) is 4.39 Å². The lowest BCUT2D eigenvalue weighted by Crippen LogP contribution is -1.98. The topological polar surface area (TPSA) is 35.2 Å². The molecule has 0 aliphatic rings. The highest BCUT2D eigenvalue weighted by Gasteiger charge is 2.07. The molecular formula is C14H13ClFNO. The lowest BCUT2D eigenvalue weighted by Gasteiger charge is -2.10. The first kappa shape index (κ1) is 12.9. The van der Waals surface area contributed by atoms with E-state index in [1.807, 2.05) is 6.92 Å². The molecule has 0 aliphatic carbocycles. The Balaban J connectivity index is 2.28. The first-order valence-electron chi connectivity index (χ1n) is 5.52. The predicted octanol–water partition coefficient (Wildman–Crippen LogP) is 4.04. The van der Waals surface area contributed by atoms with Crippen molar-refractivity contribution < 1.29 is 9.13 Å². The zero-order chi connectivity index (χ0) is 13.1. The number of hydrogen-bond acceptors (Lipinski definition) is 2. The minimum Gasteiger partial charge on any atom is -0.454 e. The fourth-order valence-electron chi connectivity index (χ4n) is 1.60. The van der Waals surface area contributed by atoms with Gasteiger partial charge in [0.05, 0.1) is 0 Å². The number of hydrogen-bond donors (Lipinski definition) is 1. The largest absolute Gasteiger partial charge is 0.454 e. The predicted molar refractivity (Wildman–Crippen MR) is 70.6 cm³/mol. The van der Waals surface area contributed by atoms with Crippen LogP contribution < -0.4 is 10.5 Å². The highest BCUT2D eigenvalue weighted by atomic mass is 35.5. The van der Waals surface area contributed by atoms with Crippen molar-refractivity contribution >= 4 is 11.6 Å². The van der Waals surface area contributed by atoms with Gasteiger partial charge in [-0.15, -0.1) is 0 Å². The summed E-state index contributed by atoms with van der Waals surface area (Å²) >= 11 is 5.85. The molecule has 0 aromatic heterocycles. The van der Waals surface area contributed by atoms with Crippen LogP contribution >= 0.6 is 11.6 Å². The third kappa shape index (κ3) is 2.81. The fraction of sp³-hybridized carbons (Fsp3) is 0.143. The minimum atomic E-state index is -0.424. The van der Waals surface area contributed by atoms with Crippen molar-refractivity contribution in [3.63, 3.8) is 0 Å². The number of halogens is 2. The maximum absolute atomic E-state index is 13.7. The van der Waals surface area contributed by atoms with Crippen molar-refractivity contribution in [2.24, 2.45) is 5.73 Å². The molecule has 0 atom stereocenters. The molecular weight excluding hydrogens is 253 g/mol. The Bertz CT molecular complexity index is 572. The summed E-state index contributed by atoms with van der Waals surface area (Å²) in [5.74, 6) is 0.337. The first-order chi connectivity index (χ1) is 8.60. The molecule has 94 valence electrons. The molecule has 2 nitrogen and oxygen atoms in total. The molecule has 0 bridgehead atoms. The van der Waals surface area contributed by atoms with E-state index >= 15 is 0 Å². The molecule has 0 saturated carbocycles. The monoisotopic (exact) mass is 265 g/mol. The van der Waals surface area contributed by atoms with Crippen molar-refractivity contribution in [2.45, 2.75) is 13.5 Å². The summed E-state index contributed by atoms with van der Waals surface area (Å²) in [4.78, 5) is 0. The van der Waals surface area contributed by atoms with Gasteiger partial charge in [-0.1, -0.05) is 17.7 Å². The maximum Gasteiger partial charge on any atom is 0.166 e. The van der Waals surface area contributed by atoms with Crippen molar-refractivity contribution in [3.8, 4) is 11.5 Å². The average Bonchev–Trinajstić information content (AvgIpc) is 2.34. The van der Waals surface area contributed by atoms with E-state index in [-0.39, 0.29) is 5.75 Å². The molecule has 2 aromatic carbocycles. The van der Waals surface area contributed by atoms with Gasteiger partial charge in [0.15, 0.2) is 11.6 Å². The third-order valence-electron chi connectivity index (χ3n) is 2.59. The summed E-state index contributed by atoms with van der Waals surface area (Å²) in [5, 5.41) is 0.624. The minimum absolute atomic E-state index is 0.178. The number of ether oxygens (including phenoxy) is 1. The Morgan fingerprint density at radius 3 is 2.50 bits per heavy atom. The van der Waals surface area contributed by atoms with E-state index in [1.165, 1.54) is 6.07 Å². The molecule has 0 fully saturated rings. The highest BCUT2D eigenvalue weighted by molar-refractivity contribution is 6.30. The molecule has 0 amide bonds. The summed E-state index contributed by atoms with van der Waals surface area (Å²) in [6, 6.07) is 9.88. The molecule has 2 aromatic rings. The maximum atomic E-state index is 13.7. The van der Waals surface area contributed by atoms with Crippen LogP contribution in [0.5, 0.6) is 11.5 Å². The summed E-state index contributed by atoms with van der Waals surface area (Å²) in [7, 11) is 0. The zero-order valence-electron chi connectivity index (χ0n) is 9.91. The van der Waals surface area contributed by atoms with Crippen LogP contribution in [0.15, 0.2) is 36.4 Å². The highest BCUT2D eigenvalue weighted by Crippen LogP contribution is 2.29. The van der Waals surface area contributed by atoms with E-state index in [2.05, 4.69) is 0 Å². The van der Waals surface area contributed by atoms with Gasteiger partial charge < -0.3 is 10.5 Å². The van der Waals surface area contributed by atoms with Crippen LogP contribution in [-0.2, 0) is 6.54 Å². The van der Waals surface area contributed by atoms with E-state index in [0.717, 1.165) is 11.1 Å².